The molecule has 3 aromatic rings. The van der Waals surface area contributed by atoms with Gasteiger partial charge >= 0.3 is 12.0 Å². The maximum Gasteiger partial charge on any atom is 0.326 e. The maximum atomic E-state index is 14.1. The molecule has 5 atom stereocenters. The predicted molar refractivity (Wildman–Crippen MR) is 215 cm³/mol. The number of carboxylic acids is 1. The number of carbonyl (C=O) groups is 6. The normalized spacial score (nSPS) is 13.8. The van der Waals surface area contributed by atoms with Gasteiger partial charge < -0.3 is 37.0 Å². The molecule has 0 aliphatic rings. The van der Waals surface area contributed by atoms with Gasteiger partial charge in [-0.25, -0.2) is 9.59 Å². The minimum absolute atomic E-state index is 0.0457. The quantitative estimate of drug-likeness (QED) is 0.0854. The predicted octanol–water partition coefficient (Wildman–Crippen LogP) is 3.91. The zero-order valence-electron chi connectivity index (χ0n) is 33.2. The highest BCUT2D eigenvalue weighted by molar-refractivity contribution is 5.96. The summed E-state index contributed by atoms with van der Waals surface area (Å²) in [5.74, 6) is -3.83. The van der Waals surface area contributed by atoms with Crippen LogP contribution < -0.4 is 31.9 Å². The fourth-order valence-corrected chi connectivity index (χ4v) is 6.13. The third kappa shape index (κ3) is 15.9. The van der Waals surface area contributed by atoms with Crippen molar-refractivity contribution in [2.24, 2.45) is 11.8 Å². The number of hydrogen-bond donors (Lipinski definition) is 7. The molecule has 0 saturated carbocycles. The third-order valence-corrected chi connectivity index (χ3v) is 8.82. The maximum absolute atomic E-state index is 14.1. The lowest BCUT2D eigenvalue weighted by Crippen LogP contribution is -2.60. The fraction of sp³-hybridized carbons (Fsp3) is 0.442. The molecule has 0 spiro atoms. The number of amides is 6. The number of carboxylic acid groups (broad SMARTS) is 1. The van der Waals surface area contributed by atoms with E-state index in [0.717, 1.165) is 16.7 Å². The molecule has 0 aliphatic carbocycles. The van der Waals surface area contributed by atoms with E-state index in [1.165, 1.54) is 0 Å². The molecule has 13 nitrogen and oxygen atoms in total. The molecule has 6 amide bonds. The Hall–Kier alpha value is -5.72. The Bertz CT molecular complexity index is 1720. The molecule has 0 aromatic heterocycles. The molecule has 0 aliphatic heterocycles. The summed E-state index contributed by atoms with van der Waals surface area (Å²) in [5, 5.41) is 26.4. The molecular formula is C43H58N6O7. The van der Waals surface area contributed by atoms with Gasteiger partial charge in [0.25, 0.3) is 0 Å². The Morgan fingerprint density at radius 1 is 0.429 bits per heavy atom. The van der Waals surface area contributed by atoms with Gasteiger partial charge in [0, 0.05) is 25.3 Å². The number of benzene rings is 3. The minimum Gasteiger partial charge on any atom is -0.480 e. The van der Waals surface area contributed by atoms with E-state index >= 15 is 0 Å². The number of aliphatic carboxylic acids is 1. The van der Waals surface area contributed by atoms with E-state index in [2.05, 4.69) is 31.9 Å². The molecule has 13 heteroatoms. The van der Waals surface area contributed by atoms with Gasteiger partial charge in [-0.3, -0.25) is 19.2 Å². The molecular weight excluding hydrogens is 713 g/mol. The topological polar surface area (TPSA) is 195 Å². The Kier molecular flexibility index (Phi) is 18.0. The molecule has 7 N–H and O–H groups in total. The van der Waals surface area contributed by atoms with E-state index in [4.69, 9.17) is 0 Å². The summed E-state index contributed by atoms with van der Waals surface area (Å²) in [7, 11) is 0. The number of hydrogen-bond acceptors (Lipinski definition) is 6. The number of nitrogens with one attached hydrogen (secondary N) is 6. The number of urea groups is 1. The highest BCUT2D eigenvalue weighted by atomic mass is 16.4. The summed E-state index contributed by atoms with van der Waals surface area (Å²) >= 11 is 0. The van der Waals surface area contributed by atoms with Crippen molar-refractivity contribution >= 4 is 35.6 Å². The zero-order valence-corrected chi connectivity index (χ0v) is 33.2. The summed E-state index contributed by atoms with van der Waals surface area (Å²) in [4.78, 5) is 80.6. The Labute approximate surface area is 330 Å². The van der Waals surface area contributed by atoms with Crippen molar-refractivity contribution in [1.29, 1.82) is 0 Å². The summed E-state index contributed by atoms with van der Waals surface area (Å²) in [6.45, 7) is 11.1. The second-order valence-corrected chi connectivity index (χ2v) is 15.2. The lowest BCUT2D eigenvalue weighted by molar-refractivity contribution is -0.142. The molecule has 0 saturated heterocycles. The van der Waals surface area contributed by atoms with E-state index in [0.29, 0.717) is 0 Å². The fourth-order valence-electron chi connectivity index (χ4n) is 6.13. The summed E-state index contributed by atoms with van der Waals surface area (Å²) in [6, 6.07) is 20.8. The summed E-state index contributed by atoms with van der Waals surface area (Å²) < 4.78 is 0. The smallest absolute Gasteiger partial charge is 0.326 e. The van der Waals surface area contributed by atoms with Crippen LogP contribution in [0.4, 0.5) is 4.79 Å². The van der Waals surface area contributed by atoms with Crippen LogP contribution in [0.2, 0.25) is 0 Å². The average molecular weight is 771 g/mol. The number of carbonyl (C=O) groups excluding carboxylic acids is 5. The van der Waals surface area contributed by atoms with E-state index < -0.39 is 65.8 Å². The monoisotopic (exact) mass is 770 g/mol. The van der Waals surface area contributed by atoms with Crippen LogP contribution in [0.5, 0.6) is 0 Å². The van der Waals surface area contributed by atoms with E-state index in [1.54, 1.807) is 62.4 Å². The first-order valence-electron chi connectivity index (χ1n) is 19.2. The van der Waals surface area contributed by atoms with Gasteiger partial charge in [0.15, 0.2) is 0 Å². The van der Waals surface area contributed by atoms with Crippen LogP contribution in [0.1, 0.15) is 71.1 Å². The lowest BCUT2D eigenvalue weighted by atomic mass is 9.98. The first-order valence-corrected chi connectivity index (χ1v) is 19.2. The van der Waals surface area contributed by atoms with Gasteiger partial charge in [-0.2, -0.15) is 0 Å². The van der Waals surface area contributed by atoms with Crippen LogP contribution in [-0.4, -0.2) is 77.0 Å². The number of rotatable bonds is 21. The third-order valence-electron chi connectivity index (χ3n) is 8.82. The second kappa shape index (κ2) is 22.6. The van der Waals surface area contributed by atoms with Gasteiger partial charge in [0.1, 0.15) is 30.2 Å². The van der Waals surface area contributed by atoms with E-state index in [9.17, 15) is 33.9 Å². The van der Waals surface area contributed by atoms with Gasteiger partial charge in [0.2, 0.25) is 23.6 Å². The Morgan fingerprint density at radius 2 is 0.732 bits per heavy atom. The minimum atomic E-state index is -1.24. The van der Waals surface area contributed by atoms with Crippen molar-refractivity contribution in [3.05, 3.63) is 108 Å². The molecule has 0 radical (unpaired) electrons. The van der Waals surface area contributed by atoms with Crippen LogP contribution in [0, 0.1) is 11.8 Å². The largest absolute Gasteiger partial charge is 0.480 e. The van der Waals surface area contributed by atoms with Crippen LogP contribution >= 0.6 is 0 Å². The van der Waals surface area contributed by atoms with Crippen molar-refractivity contribution in [3.8, 4) is 0 Å². The van der Waals surface area contributed by atoms with Crippen molar-refractivity contribution in [2.75, 3.05) is 0 Å². The average Bonchev–Trinajstić information content (AvgIpc) is 3.13. The van der Waals surface area contributed by atoms with Crippen molar-refractivity contribution in [3.63, 3.8) is 0 Å². The standard InChI is InChI=1S/C43H58N6O7/c1-27(2)22-33(46-41(53)36(49-43(56)44-29(5)6)25-31-18-12-8-13-19-31)38(50)47-35(24-30-16-10-7-11-17-30)40(52)45-34(23-28(3)4)39(51)48-37(42(54)55)26-32-20-14-9-15-21-32/h7-21,27-29,33-37H,22-26H2,1-6H3,(H,45,52)(H,46,53)(H,47,50)(H,48,51)(H,54,55)(H2,44,49,56)/t33-,34-,35+,36+,37+/m1/s1. The summed E-state index contributed by atoms with van der Waals surface area (Å²) in [5.41, 5.74) is 2.26. The van der Waals surface area contributed by atoms with Crippen molar-refractivity contribution in [1.82, 2.24) is 31.9 Å². The molecule has 302 valence electrons. The molecule has 0 bridgehead atoms. The highest BCUT2D eigenvalue weighted by Gasteiger charge is 2.33. The van der Waals surface area contributed by atoms with Crippen molar-refractivity contribution in [2.45, 2.75) is 110 Å². The van der Waals surface area contributed by atoms with Gasteiger partial charge in [-0.1, -0.05) is 119 Å². The van der Waals surface area contributed by atoms with Gasteiger partial charge in [-0.05, 0) is 55.2 Å². The molecule has 3 aromatic carbocycles. The molecule has 0 unspecified atom stereocenters. The first-order chi connectivity index (χ1) is 26.6. The van der Waals surface area contributed by atoms with E-state index in [-0.39, 0.29) is 50.0 Å². The molecule has 56 heavy (non-hydrogen) atoms. The zero-order chi connectivity index (χ0) is 41.2. The van der Waals surface area contributed by atoms with Crippen LogP contribution in [0.3, 0.4) is 0 Å². The Balaban J connectivity index is 1.86. The van der Waals surface area contributed by atoms with Crippen molar-refractivity contribution < 1.29 is 33.9 Å². The molecule has 0 heterocycles. The van der Waals surface area contributed by atoms with Crippen LogP contribution in [0.25, 0.3) is 0 Å². The first kappa shape index (κ1) is 44.7. The second-order valence-electron chi connectivity index (χ2n) is 15.2. The lowest BCUT2D eigenvalue weighted by Gasteiger charge is -2.28. The summed E-state index contributed by atoms with van der Waals surface area (Å²) in [6.07, 6.45) is 0.706. The van der Waals surface area contributed by atoms with Gasteiger partial charge in [-0.15, -0.1) is 0 Å². The molecule has 0 fully saturated rings. The Morgan fingerprint density at radius 3 is 1.07 bits per heavy atom. The molecule has 3 rings (SSSR count). The SMILES string of the molecule is CC(C)C[C@@H](NC(=O)[C@H](Cc1ccccc1)NC(=O)[C@@H](CC(C)C)NC(=O)[C@H](Cc1ccccc1)NC(=O)NC(C)C)C(=O)N[C@@H](Cc1ccccc1)C(=O)O. The van der Waals surface area contributed by atoms with Crippen LogP contribution in [0.15, 0.2) is 91.0 Å². The van der Waals surface area contributed by atoms with Crippen LogP contribution in [-0.2, 0) is 43.2 Å². The van der Waals surface area contributed by atoms with E-state index in [1.807, 2.05) is 70.2 Å². The van der Waals surface area contributed by atoms with Gasteiger partial charge in [0.05, 0.1) is 0 Å². The highest BCUT2D eigenvalue weighted by Crippen LogP contribution is 2.12.